The van der Waals surface area contributed by atoms with Gasteiger partial charge in [0.2, 0.25) is 0 Å². The Morgan fingerprint density at radius 2 is 2.00 bits per heavy atom. The zero-order valence-corrected chi connectivity index (χ0v) is 12.4. The fourth-order valence-corrected chi connectivity index (χ4v) is 2.10. The minimum Gasteiger partial charge on any atom is -0.255 e. The number of aryl methyl sites for hydroxylation is 1. The van der Waals surface area contributed by atoms with E-state index in [9.17, 15) is 0 Å². The van der Waals surface area contributed by atoms with Crippen LogP contribution in [-0.4, -0.2) is 29.8 Å². The van der Waals surface area contributed by atoms with Gasteiger partial charge in [0.25, 0.3) is 0 Å². The van der Waals surface area contributed by atoms with Gasteiger partial charge < -0.3 is 0 Å². The van der Waals surface area contributed by atoms with Crippen molar-refractivity contribution in [3.05, 3.63) is 46.1 Å². The third-order valence-electron chi connectivity index (χ3n) is 2.61. The monoisotopic (exact) mass is 366 g/mol. The van der Waals surface area contributed by atoms with E-state index in [1.54, 1.807) is 15.7 Å². The number of hydrogen-bond donors (Lipinski definition) is 0. The molecular weight excluding hydrogens is 355 g/mol. The fourth-order valence-electron chi connectivity index (χ4n) is 1.74. The summed E-state index contributed by atoms with van der Waals surface area (Å²) in [6.07, 6.45) is 3.58. The molecule has 0 aliphatic rings. The molecule has 0 aliphatic carbocycles. The maximum absolute atomic E-state index is 4.44. The summed E-state index contributed by atoms with van der Waals surface area (Å²) in [5.74, 6) is 0.722. The summed E-state index contributed by atoms with van der Waals surface area (Å²) in [5, 5.41) is 12.4. The molecule has 2 aromatic heterocycles. The van der Waals surface area contributed by atoms with Crippen LogP contribution in [0.15, 0.2) is 36.8 Å². The molecule has 0 bridgehead atoms. The number of benzene rings is 1. The van der Waals surface area contributed by atoms with Gasteiger partial charge in [-0.2, -0.15) is 5.10 Å². The van der Waals surface area contributed by atoms with Crippen molar-refractivity contribution < 1.29 is 0 Å². The molecule has 0 atom stereocenters. The van der Waals surface area contributed by atoms with E-state index in [0.29, 0.717) is 6.54 Å². The molecule has 0 spiro atoms. The van der Waals surface area contributed by atoms with E-state index in [-0.39, 0.29) is 0 Å². The lowest BCUT2D eigenvalue weighted by molar-refractivity contribution is 0.667. The van der Waals surface area contributed by atoms with Crippen molar-refractivity contribution in [3.63, 3.8) is 0 Å². The molecule has 6 nitrogen and oxygen atoms in total. The highest BCUT2D eigenvalue weighted by atomic mass is 127. The predicted molar refractivity (Wildman–Crippen MR) is 78.3 cm³/mol. The van der Waals surface area contributed by atoms with E-state index < -0.39 is 0 Å². The first-order chi connectivity index (χ1) is 9.20. The smallest absolute Gasteiger partial charge is 0.181 e. The van der Waals surface area contributed by atoms with Crippen molar-refractivity contribution in [3.8, 4) is 11.4 Å². The van der Waals surface area contributed by atoms with Crippen molar-refractivity contribution in [1.29, 1.82) is 0 Å². The maximum atomic E-state index is 4.44. The van der Waals surface area contributed by atoms with Crippen LogP contribution in [0.2, 0.25) is 0 Å². The summed E-state index contributed by atoms with van der Waals surface area (Å²) in [6, 6.07) is 8.12. The van der Waals surface area contributed by atoms with E-state index in [1.807, 2.05) is 37.5 Å². The zero-order valence-electron chi connectivity index (χ0n) is 10.2. The van der Waals surface area contributed by atoms with Gasteiger partial charge in [-0.3, -0.25) is 4.68 Å². The number of halogens is 1. The lowest BCUT2D eigenvalue weighted by Crippen LogP contribution is -2.00. The van der Waals surface area contributed by atoms with Gasteiger partial charge in [0.15, 0.2) is 5.82 Å². The molecule has 0 amide bonds. The largest absolute Gasteiger partial charge is 0.255 e. The predicted octanol–water partition coefficient (Wildman–Crippen LogP) is 1.73. The summed E-state index contributed by atoms with van der Waals surface area (Å²) in [4.78, 5) is 4.31. The van der Waals surface area contributed by atoms with E-state index >= 15 is 0 Å². The summed E-state index contributed by atoms with van der Waals surface area (Å²) < 4.78 is 4.63. The number of nitrogens with zero attached hydrogens (tertiary/aromatic N) is 6. The molecule has 0 fully saturated rings. The summed E-state index contributed by atoms with van der Waals surface area (Å²) in [5.41, 5.74) is 1.87. The third-order valence-corrected chi connectivity index (χ3v) is 3.33. The molecule has 3 rings (SSSR count). The Labute approximate surface area is 123 Å². The summed E-state index contributed by atoms with van der Waals surface area (Å²) in [6.45, 7) is 0.575. The normalized spacial score (nSPS) is 10.8. The molecule has 96 valence electrons. The molecular formula is C12H11IN6. The van der Waals surface area contributed by atoms with Crippen LogP contribution in [0.25, 0.3) is 11.4 Å². The molecule has 1 aromatic carbocycles. The molecule has 0 aliphatic heterocycles. The van der Waals surface area contributed by atoms with Gasteiger partial charge in [-0.1, -0.05) is 17.3 Å². The molecule has 3 aromatic rings. The van der Waals surface area contributed by atoms with Crippen LogP contribution in [-0.2, 0) is 13.6 Å². The summed E-state index contributed by atoms with van der Waals surface area (Å²) in [7, 11) is 1.84. The molecule has 0 saturated carbocycles. The van der Waals surface area contributed by atoms with Crippen molar-refractivity contribution in [2.75, 3.05) is 0 Å². The molecule has 0 saturated heterocycles. The molecule has 19 heavy (non-hydrogen) atoms. The first-order valence-electron chi connectivity index (χ1n) is 5.71. The average molecular weight is 366 g/mol. The van der Waals surface area contributed by atoms with Crippen LogP contribution in [0.4, 0.5) is 0 Å². The Bertz CT molecular complexity index is 684. The van der Waals surface area contributed by atoms with Gasteiger partial charge in [0, 0.05) is 22.4 Å². The Morgan fingerprint density at radius 1 is 1.21 bits per heavy atom. The second-order valence-electron chi connectivity index (χ2n) is 4.16. The highest BCUT2D eigenvalue weighted by molar-refractivity contribution is 14.1. The first kappa shape index (κ1) is 12.3. The SMILES string of the molecule is Cn1cc(Cn2cnc(-c3ccc(I)cc3)n2)nn1. The van der Waals surface area contributed by atoms with Gasteiger partial charge >= 0.3 is 0 Å². The molecule has 0 unspecified atom stereocenters. The van der Waals surface area contributed by atoms with Gasteiger partial charge in [0.1, 0.15) is 12.0 Å². The van der Waals surface area contributed by atoms with Gasteiger partial charge in [-0.15, -0.1) is 5.10 Å². The van der Waals surface area contributed by atoms with Gasteiger partial charge in [0.05, 0.1) is 6.54 Å². The van der Waals surface area contributed by atoms with Crippen LogP contribution in [0, 0.1) is 3.57 Å². The number of aromatic nitrogens is 6. The van der Waals surface area contributed by atoms with E-state index in [2.05, 4.69) is 43.0 Å². The molecule has 7 heteroatoms. The minimum atomic E-state index is 0.575. The fraction of sp³-hybridized carbons (Fsp3) is 0.167. The maximum Gasteiger partial charge on any atom is 0.181 e. The van der Waals surface area contributed by atoms with Crippen molar-refractivity contribution in [1.82, 2.24) is 29.8 Å². The second-order valence-corrected chi connectivity index (χ2v) is 5.40. The van der Waals surface area contributed by atoms with Crippen molar-refractivity contribution in [2.24, 2.45) is 7.05 Å². The topological polar surface area (TPSA) is 61.4 Å². The van der Waals surface area contributed by atoms with E-state index in [4.69, 9.17) is 0 Å². The number of rotatable bonds is 3. The van der Waals surface area contributed by atoms with Crippen molar-refractivity contribution >= 4 is 22.6 Å². The lowest BCUT2D eigenvalue weighted by atomic mass is 10.2. The quantitative estimate of drug-likeness (QED) is 0.663. The molecule has 0 radical (unpaired) electrons. The Balaban J connectivity index is 1.81. The Kier molecular flexibility index (Phi) is 3.28. The van der Waals surface area contributed by atoms with E-state index in [0.717, 1.165) is 17.1 Å². The van der Waals surface area contributed by atoms with Crippen LogP contribution >= 0.6 is 22.6 Å². The number of hydrogen-bond acceptors (Lipinski definition) is 4. The van der Waals surface area contributed by atoms with E-state index in [1.165, 1.54) is 3.57 Å². The highest BCUT2D eigenvalue weighted by Gasteiger charge is 2.06. The lowest BCUT2D eigenvalue weighted by Gasteiger charge is -1.96. The third kappa shape index (κ3) is 2.80. The standard InChI is InChI=1S/C12H11IN6/c1-18-6-11(15-17-18)7-19-8-14-12(16-19)9-2-4-10(13)5-3-9/h2-6,8H,7H2,1H3. The van der Waals surface area contributed by atoms with Crippen LogP contribution < -0.4 is 0 Å². The first-order valence-corrected chi connectivity index (χ1v) is 6.79. The van der Waals surface area contributed by atoms with Gasteiger partial charge in [-0.25, -0.2) is 9.67 Å². The highest BCUT2D eigenvalue weighted by Crippen LogP contribution is 2.16. The average Bonchev–Trinajstić information content (AvgIpc) is 3.00. The van der Waals surface area contributed by atoms with Crippen LogP contribution in [0.1, 0.15) is 5.69 Å². The molecule has 0 N–H and O–H groups in total. The Morgan fingerprint density at radius 3 is 2.68 bits per heavy atom. The van der Waals surface area contributed by atoms with Crippen LogP contribution in [0.3, 0.4) is 0 Å². The Hall–Kier alpha value is -1.77. The van der Waals surface area contributed by atoms with Crippen molar-refractivity contribution in [2.45, 2.75) is 6.54 Å². The summed E-state index contributed by atoms with van der Waals surface area (Å²) >= 11 is 2.27. The van der Waals surface area contributed by atoms with Crippen LogP contribution in [0.5, 0.6) is 0 Å². The zero-order chi connectivity index (χ0) is 13.2. The minimum absolute atomic E-state index is 0.575. The molecule has 2 heterocycles. The van der Waals surface area contributed by atoms with Gasteiger partial charge in [-0.05, 0) is 34.7 Å². The second kappa shape index (κ2) is 5.08.